The Hall–Kier alpha value is -2.56. The maximum atomic E-state index is 12.1. The lowest BCUT2D eigenvalue weighted by molar-refractivity contribution is -0.137. The maximum absolute atomic E-state index is 12.1. The molecule has 5 nitrogen and oxygen atoms in total. The Morgan fingerprint density at radius 3 is 3.00 bits per heavy atom. The zero-order valence-corrected chi connectivity index (χ0v) is 11.0. The number of aromatic hydroxyl groups is 1. The van der Waals surface area contributed by atoms with Gasteiger partial charge < -0.3 is 14.3 Å². The van der Waals surface area contributed by atoms with Gasteiger partial charge in [-0.1, -0.05) is 6.92 Å². The molecule has 0 spiro atoms. The molecular formula is C15H14O5. The van der Waals surface area contributed by atoms with E-state index in [-0.39, 0.29) is 22.1 Å². The second-order valence-corrected chi connectivity index (χ2v) is 4.20. The van der Waals surface area contributed by atoms with Crippen LogP contribution in [-0.4, -0.2) is 17.7 Å². The molecule has 0 aliphatic heterocycles. The lowest BCUT2D eigenvalue weighted by atomic mass is 10.1. The van der Waals surface area contributed by atoms with Crippen LogP contribution in [0.3, 0.4) is 0 Å². The van der Waals surface area contributed by atoms with Gasteiger partial charge in [0, 0.05) is 6.08 Å². The first-order chi connectivity index (χ1) is 9.61. The summed E-state index contributed by atoms with van der Waals surface area (Å²) in [4.78, 5) is 23.5. The van der Waals surface area contributed by atoms with Crippen molar-refractivity contribution < 1.29 is 19.1 Å². The van der Waals surface area contributed by atoms with Gasteiger partial charge in [-0.15, -0.1) is 0 Å². The molecule has 0 radical (unpaired) electrons. The average Bonchev–Trinajstić information content (AvgIpc) is 2.45. The number of carbonyl (C=O) groups excluding carboxylic acids is 1. The lowest BCUT2D eigenvalue weighted by Gasteiger charge is -2.00. The highest BCUT2D eigenvalue weighted by atomic mass is 16.5. The van der Waals surface area contributed by atoms with Gasteiger partial charge >= 0.3 is 5.97 Å². The summed E-state index contributed by atoms with van der Waals surface area (Å²) in [6, 6.07) is 4.27. The first-order valence-electron chi connectivity index (χ1n) is 6.21. The fourth-order valence-corrected chi connectivity index (χ4v) is 1.66. The predicted molar refractivity (Wildman–Crippen MR) is 74.4 cm³/mol. The molecule has 1 N–H and O–H groups in total. The molecular weight excluding hydrogens is 260 g/mol. The van der Waals surface area contributed by atoms with Gasteiger partial charge in [0.2, 0.25) is 0 Å². The van der Waals surface area contributed by atoms with Crippen molar-refractivity contribution in [1.82, 2.24) is 0 Å². The molecule has 0 aliphatic rings. The minimum absolute atomic E-state index is 0.0201. The standard InChI is InChI=1S/C15H14O5/c1-2-7-19-14(17)6-3-10-9-20-13-5-4-11(16)8-12(13)15(10)18/h3-6,8-9,16H,2,7H2,1H3/b6-3+. The minimum atomic E-state index is -0.512. The lowest BCUT2D eigenvalue weighted by Crippen LogP contribution is -2.06. The number of esters is 1. The zero-order chi connectivity index (χ0) is 14.5. The summed E-state index contributed by atoms with van der Waals surface area (Å²) >= 11 is 0. The third-order valence-corrected chi connectivity index (χ3v) is 2.63. The van der Waals surface area contributed by atoms with Crippen LogP contribution >= 0.6 is 0 Å². The van der Waals surface area contributed by atoms with E-state index in [2.05, 4.69) is 0 Å². The molecule has 1 heterocycles. The van der Waals surface area contributed by atoms with Crippen molar-refractivity contribution in [3.8, 4) is 5.75 Å². The third-order valence-electron chi connectivity index (χ3n) is 2.63. The molecule has 20 heavy (non-hydrogen) atoms. The smallest absolute Gasteiger partial charge is 0.330 e. The molecule has 1 aromatic heterocycles. The van der Waals surface area contributed by atoms with Gasteiger partial charge in [0.05, 0.1) is 17.6 Å². The van der Waals surface area contributed by atoms with Crippen LogP contribution in [0.2, 0.25) is 0 Å². The molecule has 2 aromatic rings. The van der Waals surface area contributed by atoms with Crippen LogP contribution in [0.4, 0.5) is 0 Å². The molecule has 0 atom stereocenters. The topological polar surface area (TPSA) is 76.7 Å². The van der Waals surface area contributed by atoms with E-state index in [1.54, 1.807) is 0 Å². The van der Waals surface area contributed by atoms with E-state index in [1.807, 2.05) is 6.92 Å². The van der Waals surface area contributed by atoms with Gasteiger partial charge in [0.1, 0.15) is 17.6 Å². The molecule has 2 rings (SSSR count). The van der Waals surface area contributed by atoms with E-state index in [1.165, 1.54) is 36.6 Å². The van der Waals surface area contributed by atoms with Crippen molar-refractivity contribution in [3.05, 3.63) is 46.3 Å². The summed E-state index contributed by atoms with van der Waals surface area (Å²) in [6.07, 6.45) is 4.52. The van der Waals surface area contributed by atoms with Crippen LogP contribution in [0.25, 0.3) is 17.0 Å². The number of phenols is 1. The van der Waals surface area contributed by atoms with Gasteiger partial charge in [-0.3, -0.25) is 4.79 Å². The van der Waals surface area contributed by atoms with E-state index < -0.39 is 5.97 Å². The number of hydrogen-bond acceptors (Lipinski definition) is 5. The molecule has 104 valence electrons. The van der Waals surface area contributed by atoms with Crippen molar-refractivity contribution in [2.24, 2.45) is 0 Å². The molecule has 0 saturated carbocycles. The third kappa shape index (κ3) is 3.06. The highest BCUT2D eigenvalue weighted by Crippen LogP contribution is 2.17. The summed E-state index contributed by atoms with van der Waals surface area (Å²) in [6.45, 7) is 2.23. The normalized spacial score (nSPS) is 11.1. The molecule has 0 unspecified atom stereocenters. The van der Waals surface area contributed by atoms with Crippen molar-refractivity contribution in [2.45, 2.75) is 13.3 Å². The SMILES string of the molecule is CCCOC(=O)/C=C/c1coc2ccc(O)cc2c1=O. The van der Waals surface area contributed by atoms with Crippen molar-refractivity contribution in [3.63, 3.8) is 0 Å². The van der Waals surface area contributed by atoms with Crippen molar-refractivity contribution in [2.75, 3.05) is 6.61 Å². The number of phenolic OH excluding ortho intramolecular Hbond substituents is 1. The van der Waals surface area contributed by atoms with Crippen LogP contribution in [0.1, 0.15) is 18.9 Å². The monoisotopic (exact) mass is 274 g/mol. The van der Waals surface area contributed by atoms with Crippen LogP contribution in [0, 0.1) is 0 Å². The molecule has 0 saturated heterocycles. The summed E-state index contributed by atoms with van der Waals surface area (Å²) in [7, 11) is 0. The molecule has 0 bridgehead atoms. The Balaban J connectivity index is 2.31. The number of fused-ring (bicyclic) bond motifs is 1. The summed E-state index contributed by atoms with van der Waals surface area (Å²) < 4.78 is 10.1. The van der Waals surface area contributed by atoms with Gasteiger partial charge in [-0.05, 0) is 30.7 Å². The fourth-order valence-electron chi connectivity index (χ4n) is 1.66. The van der Waals surface area contributed by atoms with Gasteiger partial charge in [-0.2, -0.15) is 0 Å². The Kier molecular flexibility index (Phi) is 4.20. The number of benzene rings is 1. The van der Waals surface area contributed by atoms with Crippen molar-refractivity contribution in [1.29, 1.82) is 0 Å². The Morgan fingerprint density at radius 1 is 1.45 bits per heavy atom. The molecule has 0 aliphatic carbocycles. The quantitative estimate of drug-likeness (QED) is 0.684. The molecule has 5 heteroatoms. The zero-order valence-electron chi connectivity index (χ0n) is 11.0. The Labute approximate surface area is 115 Å². The fraction of sp³-hybridized carbons (Fsp3) is 0.200. The molecule has 1 aromatic carbocycles. The van der Waals surface area contributed by atoms with Crippen LogP contribution in [-0.2, 0) is 9.53 Å². The number of rotatable bonds is 4. The van der Waals surface area contributed by atoms with E-state index in [0.717, 1.165) is 6.42 Å². The first kappa shape index (κ1) is 13.9. The van der Waals surface area contributed by atoms with Gasteiger partial charge in [0.15, 0.2) is 5.43 Å². The second-order valence-electron chi connectivity index (χ2n) is 4.20. The highest BCUT2D eigenvalue weighted by molar-refractivity contribution is 5.88. The van der Waals surface area contributed by atoms with Crippen molar-refractivity contribution >= 4 is 23.0 Å². The van der Waals surface area contributed by atoms with E-state index in [4.69, 9.17) is 9.15 Å². The van der Waals surface area contributed by atoms with Crippen LogP contribution in [0.15, 0.2) is 39.7 Å². The Morgan fingerprint density at radius 2 is 2.25 bits per heavy atom. The summed E-state index contributed by atoms with van der Waals surface area (Å²) in [5.74, 6) is -0.532. The number of carbonyl (C=O) groups is 1. The summed E-state index contributed by atoms with van der Waals surface area (Å²) in [5, 5.41) is 9.65. The summed E-state index contributed by atoms with van der Waals surface area (Å²) in [5.41, 5.74) is 0.275. The largest absolute Gasteiger partial charge is 0.508 e. The van der Waals surface area contributed by atoms with Gasteiger partial charge in [-0.25, -0.2) is 4.79 Å². The minimum Gasteiger partial charge on any atom is -0.508 e. The van der Waals surface area contributed by atoms with Gasteiger partial charge in [0.25, 0.3) is 0 Å². The van der Waals surface area contributed by atoms with E-state index >= 15 is 0 Å². The predicted octanol–water partition coefficient (Wildman–Crippen LogP) is 2.47. The first-order valence-corrected chi connectivity index (χ1v) is 6.21. The second kappa shape index (κ2) is 6.06. The molecule has 0 fully saturated rings. The maximum Gasteiger partial charge on any atom is 0.330 e. The Bertz CT molecular complexity index is 712. The number of hydrogen-bond donors (Lipinski definition) is 1. The van der Waals surface area contributed by atoms with E-state index in [0.29, 0.717) is 12.2 Å². The van der Waals surface area contributed by atoms with Crippen LogP contribution < -0.4 is 5.43 Å². The van der Waals surface area contributed by atoms with Crippen LogP contribution in [0.5, 0.6) is 5.75 Å². The molecule has 0 amide bonds. The van der Waals surface area contributed by atoms with E-state index in [9.17, 15) is 14.7 Å². The average molecular weight is 274 g/mol. The number of ether oxygens (including phenoxy) is 1. The highest BCUT2D eigenvalue weighted by Gasteiger charge is 2.06.